The van der Waals surface area contributed by atoms with Crippen molar-refractivity contribution in [2.45, 2.75) is 0 Å². The van der Waals surface area contributed by atoms with Gasteiger partial charge >= 0.3 is 0 Å². The van der Waals surface area contributed by atoms with Gasteiger partial charge in [0.25, 0.3) is 5.56 Å². The van der Waals surface area contributed by atoms with Crippen molar-refractivity contribution in [1.82, 2.24) is 23.9 Å². The van der Waals surface area contributed by atoms with Crippen LogP contribution >= 0.6 is 0 Å². The van der Waals surface area contributed by atoms with Crippen LogP contribution in [0.15, 0.2) is 144 Å². The van der Waals surface area contributed by atoms with Crippen LogP contribution in [0.3, 0.4) is 0 Å². The van der Waals surface area contributed by atoms with E-state index in [1.54, 1.807) is 4.40 Å². The van der Waals surface area contributed by atoms with Crippen LogP contribution in [-0.4, -0.2) is 23.9 Å². The Kier molecular flexibility index (Phi) is 5.05. The minimum Gasteiger partial charge on any atom is -0.278 e. The summed E-state index contributed by atoms with van der Waals surface area (Å²) in [5.74, 6) is 0.573. The first-order chi connectivity index (χ1) is 22.7. The predicted octanol–water partition coefficient (Wildman–Crippen LogP) is 8.86. The topological polar surface area (TPSA) is 65.1 Å². The number of benzene rings is 6. The van der Waals surface area contributed by atoms with Crippen LogP contribution in [-0.2, 0) is 0 Å². The van der Waals surface area contributed by atoms with E-state index in [0.717, 1.165) is 65.6 Å². The Bertz CT molecular complexity index is 2940. The first-order valence-electron chi connectivity index (χ1n) is 15.3. The number of aromatic nitrogens is 5. The van der Waals surface area contributed by atoms with Gasteiger partial charge in [-0.3, -0.25) is 13.8 Å². The molecule has 10 aromatic rings. The minimum absolute atomic E-state index is 0.0910. The summed E-state index contributed by atoms with van der Waals surface area (Å²) < 4.78 is 3.90. The number of fused-ring (bicyclic) bond motifs is 11. The monoisotopic (exact) mass is 589 g/mol. The molecule has 6 nitrogen and oxygen atoms in total. The standard InChI is InChI=1S/C40H23N5O/c46-39-29-18-7-10-20-33(29)41-38-27-16-5-4-14-25(27)30-22-31-26-15-8-11-21-34(26)44(35(31)23-36(30)45(38)39)40-42-32-19-9-6-17-28(32)37(43-40)24-12-2-1-3-13-24/h1-23H. The highest BCUT2D eigenvalue weighted by molar-refractivity contribution is 6.19. The highest BCUT2D eigenvalue weighted by atomic mass is 16.1. The van der Waals surface area contributed by atoms with Gasteiger partial charge in [0.05, 0.1) is 38.7 Å². The molecule has 0 spiro atoms. The lowest BCUT2D eigenvalue weighted by Gasteiger charge is -2.14. The number of hydrogen-bond donors (Lipinski definition) is 0. The van der Waals surface area contributed by atoms with E-state index in [-0.39, 0.29) is 5.56 Å². The molecule has 4 aromatic heterocycles. The van der Waals surface area contributed by atoms with Gasteiger partial charge in [0.2, 0.25) is 5.95 Å². The third-order valence-electron chi connectivity index (χ3n) is 9.10. The van der Waals surface area contributed by atoms with Crippen LogP contribution in [0.5, 0.6) is 0 Å². The molecular formula is C40H23N5O. The fraction of sp³-hybridized carbons (Fsp3) is 0. The summed E-state index contributed by atoms with van der Waals surface area (Å²) >= 11 is 0. The summed E-state index contributed by atoms with van der Waals surface area (Å²) in [4.78, 5) is 29.6. The molecule has 0 radical (unpaired) electrons. The van der Waals surface area contributed by atoms with E-state index in [0.29, 0.717) is 22.5 Å². The molecule has 0 aliphatic carbocycles. The molecule has 0 amide bonds. The van der Waals surface area contributed by atoms with E-state index in [1.165, 1.54) is 0 Å². The van der Waals surface area contributed by atoms with E-state index in [4.69, 9.17) is 15.0 Å². The molecule has 0 aliphatic heterocycles. The fourth-order valence-electron chi connectivity index (χ4n) is 7.05. The highest BCUT2D eigenvalue weighted by Gasteiger charge is 2.20. The minimum atomic E-state index is -0.0910. The maximum Gasteiger partial charge on any atom is 0.266 e. The Hall–Kier alpha value is -6.40. The maximum absolute atomic E-state index is 14.2. The van der Waals surface area contributed by atoms with Gasteiger partial charge in [0.1, 0.15) is 5.65 Å². The molecule has 0 aliphatic rings. The van der Waals surface area contributed by atoms with Crippen molar-refractivity contribution in [1.29, 1.82) is 0 Å². The summed E-state index contributed by atoms with van der Waals surface area (Å²) in [6.07, 6.45) is 0. The number of nitrogens with zero attached hydrogens (tertiary/aromatic N) is 5. The quantitative estimate of drug-likeness (QED) is 0.149. The Morgan fingerprint density at radius 1 is 0.435 bits per heavy atom. The smallest absolute Gasteiger partial charge is 0.266 e. The van der Waals surface area contributed by atoms with Crippen molar-refractivity contribution in [3.8, 4) is 17.2 Å². The van der Waals surface area contributed by atoms with Gasteiger partial charge in [0.15, 0.2) is 0 Å². The van der Waals surface area contributed by atoms with E-state index >= 15 is 0 Å². The maximum atomic E-state index is 14.2. The third-order valence-corrected chi connectivity index (χ3v) is 9.10. The SMILES string of the molecule is O=c1c2ccccc2nc2c3ccccc3c3cc4c5ccccc5n(-c5nc(-c6ccccc6)c6ccccc6n5)c4cc3n12. The third kappa shape index (κ3) is 3.41. The number of hydrogen-bond acceptors (Lipinski definition) is 4. The van der Waals surface area contributed by atoms with Gasteiger partial charge in [-0.2, -0.15) is 0 Å². The van der Waals surface area contributed by atoms with E-state index < -0.39 is 0 Å². The largest absolute Gasteiger partial charge is 0.278 e. The predicted molar refractivity (Wildman–Crippen MR) is 187 cm³/mol. The Morgan fingerprint density at radius 2 is 1.04 bits per heavy atom. The van der Waals surface area contributed by atoms with Crippen LogP contribution in [0.1, 0.15) is 0 Å². The summed E-state index contributed by atoms with van der Waals surface area (Å²) in [6, 6.07) is 46.8. The molecule has 6 heteroatoms. The summed E-state index contributed by atoms with van der Waals surface area (Å²) in [5, 5.41) is 6.70. The number of rotatable bonds is 2. The average molecular weight is 590 g/mol. The van der Waals surface area contributed by atoms with Crippen LogP contribution in [0.2, 0.25) is 0 Å². The average Bonchev–Trinajstić information content (AvgIpc) is 3.44. The number of para-hydroxylation sites is 3. The Balaban J connectivity index is 1.41. The van der Waals surface area contributed by atoms with Gasteiger partial charge in [-0.15, -0.1) is 0 Å². The van der Waals surface area contributed by atoms with Gasteiger partial charge in [-0.1, -0.05) is 103 Å². The first-order valence-corrected chi connectivity index (χ1v) is 15.3. The number of pyridine rings is 1. The van der Waals surface area contributed by atoms with Crippen LogP contribution in [0.25, 0.3) is 88.1 Å². The van der Waals surface area contributed by atoms with Crippen molar-refractivity contribution in [3.05, 3.63) is 150 Å². The molecule has 10 rings (SSSR count). The van der Waals surface area contributed by atoms with Gasteiger partial charge in [-0.05, 0) is 41.8 Å². The van der Waals surface area contributed by atoms with Crippen LogP contribution in [0.4, 0.5) is 0 Å². The molecule has 0 fully saturated rings. The second kappa shape index (κ2) is 9.30. The summed E-state index contributed by atoms with van der Waals surface area (Å²) in [5.41, 5.74) is 6.69. The van der Waals surface area contributed by atoms with E-state index in [1.807, 2.05) is 84.9 Å². The van der Waals surface area contributed by atoms with Crippen molar-refractivity contribution in [2.24, 2.45) is 0 Å². The molecule has 0 unspecified atom stereocenters. The lowest BCUT2D eigenvalue weighted by Crippen LogP contribution is -2.16. The fourth-order valence-corrected chi connectivity index (χ4v) is 7.05. The molecule has 46 heavy (non-hydrogen) atoms. The first kappa shape index (κ1) is 25.0. The second-order valence-electron chi connectivity index (χ2n) is 11.6. The molecular weight excluding hydrogens is 566 g/mol. The van der Waals surface area contributed by atoms with E-state index in [9.17, 15) is 4.79 Å². The van der Waals surface area contributed by atoms with Gasteiger partial charge < -0.3 is 0 Å². The molecule has 0 saturated heterocycles. The lowest BCUT2D eigenvalue weighted by atomic mass is 10.0. The lowest BCUT2D eigenvalue weighted by molar-refractivity contribution is 1.01. The van der Waals surface area contributed by atoms with Crippen molar-refractivity contribution in [2.75, 3.05) is 0 Å². The molecule has 0 saturated carbocycles. The summed E-state index contributed by atoms with van der Waals surface area (Å²) in [6.45, 7) is 0. The molecule has 214 valence electrons. The second-order valence-corrected chi connectivity index (χ2v) is 11.6. The summed E-state index contributed by atoms with van der Waals surface area (Å²) in [7, 11) is 0. The van der Waals surface area contributed by atoms with Crippen molar-refractivity contribution < 1.29 is 0 Å². The molecule has 0 N–H and O–H groups in total. The molecule has 6 aromatic carbocycles. The van der Waals surface area contributed by atoms with Gasteiger partial charge in [0, 0.05) is 32.5 Å². The van der Waals surface area contributed by atoms with Crippen LogP contribution in [0, 0.1) is 0 Å². The van der Waals surface area contributed by atoms with Crippen molar-refractivity contribution in [3.63, 3.8) is 0 Å². The molecule has 0 bridgehead atoms. The zero-order chi connectivity index (χ0) is 30.4. The molecule has 4 heterocycles. The Morgan fingerprint density at radius 3 is 1.85 bits per heavy atom. The van der Waals surface area contributed by atoms with E-state index in [2.05, 4.69) is 59.2 Å². The molecule has 0 atom stereocenters. The zero-order valence-corrected chi connectivity index (χ0v) is 24.4. The van der Waals surface area contributed by atoms with Crippen molar-refractivity contribution >= 4 is 70.9 Å². The zero-order valence-electron chi connectivity index (χ0n) is 24.4. The Labute approximate surface area is 261 Å². The normalized spacial score (nSPS) is 12.0. The highest BCUT2D eigenvalue weighted by Crippen LogP contribution is 2.38. The van der Waals surface area contributed by atoms with Crippen LogP contribution < -0.4 is 5.56 Å². The van der Waals surface area contributed by atoms with Gasteiger partial charge in [-0.25, -0.2) is 15.0 Å².